The maximum Gasteiger partial charge on any atom is 0.335 e. The minimum Gasteiger partial charge on any atom is -0.489 e. The number of aromatic carboxylic acids is 1. The number of rotatable bonds is 4. The topological polar surface area (TPSA) is 83.2 Å². The van der Waals surface area contributed by atoms with Crippen molar-refractivity contribution in [2.24, 2.45) is 0 Å². The molecular weight excluding hydrogens is 263 g/mol. The Hall–Kier alpha value is -2.94. The quantitative estimate of drug-likeness (QED) is 0.923. The van der Waals surface area contributed by atoms with Crippen molar-refractivity contribution in [1.29, 1.82) is 5.26 Å². The summed E-state index contributed by atoms with van der Waals surface area (Å²) >= 11 is 0. The zero-order chi connectivity index (χ0) is 14.5. The number of pyridine rings is 1. The molecule has 0 bridgehead atoms. The number of benzene rings is 1. The van der Waals surface area contributed by atoms with Gasteiger partial charge in [0.2, 0.25) is 0 Å². The summed E-state index contributed by atoms with van der Waals surface area (Å²) in [5, 5.41) is 17.5. The summed E-state index contributed by atoms with van der Waals surface area (Å²) in [4.78, 5) is 14.6. The van der Waals surface area contributed by atoms with E-state index in [2.05, 4.69) is 4.98 Å². The average molecular weight is 272 g/mol. The number of carboxylic acids is 1. The van der Waals surface area contributed by atoms with Crippen LogP contribution < -0.4 is 4.74 Å². The van der Waals surface area contributed by atoms with Gasteiger partial charge in [-0.1, -0.05) is 0 Å². The summed E-state index contributed by atoms with van der Waals surface area (Å²) in [7, 11) is 0. The Labute approximate surface area is 113 Å². The summed E-state index contributed by atoms with van der Waals surface area (Å²) in [5.74, 6) is -1.81. The third kappa shape index (κ3) is 3.29. The van der Waals surface area contributed by atoms with Crippen LogP contribution in [0.15, 0.2) is 36.5 Å². The number of ether oxygens (including phenoxy) is 1. The van der Waals surface area contributed by atoms with Crippen LogP contribution >= 0.6 is 0 Å². The van der Waals surface area contributed by atoms with Crippen molar-refractivity contribution < 1.29 is 19.0 Å². The Morgan fingerprint density at radius 1 is 1.40 bits per heavy atom. The van der Waals surface area contributed by atoms with E-state index < -0.39 is 11.8 Å². The molecule has 5 nitrogen and oxygen atoms in total. The number of nitrogens with zero attached hydrogens (tertiary/aromatic N) is 2. The number of carboxylic acid groups (broad SMARTS) is 1. The van der Waals surface area contributed by atoms with Crippen molar-refractivity contribution in [3.8, 4) is 11.8 Å². The molecular formula is C14H9FN2O3. The first-order valence-electron chi connectivity index (χ1n) is 5.60. The maximum absolute atomic E-state index is 13.2. The van der Waals surface area contributed by atoms with Crippen molar-refractivity contribution >= 4 is 5.97 Å². The fourth-order valence-electron chi connectivity index (χ4n) is 1.56. The molecule has 0 aliphatic heterocycles. The molecule has 0 radical (unpaired) electrons. The second-order valence-electron chi connectivity index (χ2n) is 3.93. The van der Waals surface area contributed by atoms with Gasteiger partial charge in [0.15, 0.2) is 0 Å². The van der Waals surface area contributed by atoms with E-state index in [1.807, 2.05) is 6.07 Å². The van der Waals surface area contributed by atoms with E-state index in [4.69, 9.17) is 15.1 Å². The van der Waals surface area contributed by atoms with Gasteiger partial charge < -0.3 is 9.84 Å². The maximum atomic E-state index is 13.2. The fourth-order valence-corrected chi connectivity index (χ4v) is 1.56. The van der Waals surface area contributed by atoms with E-state index in [1.54, 1.807) is 6.07 Å². The zero-order valence-corrected chi connectivity index (χ0v) is 10.2. The van der Waals surface area contributed by atoms with Gasteiger partial charge in [-0.25, -0.2) is 14.2 Å². The van der Waals surface area contributed by atoms with Gasteiger partial charge in [0.05, 0.1) is 5.56 Å². The lowest BCUT2D eigenvalue weighted by Gasteiger charge is -2.07. The molecule has 1 aromatic heterocycles. The lowest BCUT2D eigenvalue weighted by molar-refractivity contribution is 0.0695. The van der Waals surface area contributed by atoms with Gasteiger partial charge >= 0.3 is 5.97 Å². The first-order valence-corrected chi connectivity index (χ1v) is 5.60. The second kappa shape index (κ2) is 5.80. The number of hydrogen-bond donors (Lipinski definition) is 1. The second-order valence-corrected chi connectivity index (χ2v) is 3.93. The van der Waals surface area contributed by atoms with Crippen LogP contribution in [-0.2, 0) is 6.61 Å². The monoisotopic (exact) mass is 272 g/mol. The first-order chi connectivity index (χ1) is 9.58. The van der Waals surface area contributed by atoms with Gasteiger partial charge in [0, 0.05) is 12.3 Å². The van der Waals surface area contributed by atoms with Gasteiger partial charge in [0.25, 0.3) is 0 Å². The zero-order valence-electron chi connectivity index (χ0n) is 10.2. The molecule has 1 aromatic carbocycles. The van der Waals surface area contributed by atoms with Crippen molar-refractivity contribution in [1.82, 2.24) is 4.98 Å². The molecule has 1 N–H and O–H groups in total. The number of aromatic nitrogens is 1. The Balaban J connectivity index is 2.14. The molecule has 2 rings (SSSR count). The molecule has 100 valence electrons. The number of halogens is 1. The summed E-state index contributed by atoms with van der Waals surface area (Å²) in [5.41, 5.74) is 0.738. The van der Waals surface area contributed by atoms with Gasteiger partial charge in [-0.05, 0) is 29.8 Å². The number of hydrogen-bond acceptors (Lipinski definition) is 4. The Morgan fingerprint density at radius 3 is 2.90 bits per heavy atom. The van der Waals surface area contributed by atoms with Crippen molar-refractivity contribution in [3.05, 3.63) is 59.2 Å². The van der Waals surface area contributed by atoms with Gasteiger partial charge in [0.1, 0.15) is 29.9 Å². The van der Waals surface area contributed by atoms with E-state index in [1.165, 1.54) is 18.3 Å². The van der Waals surface area contributed by atoms with E-state index >= 15 is 0 Å². The van der Waals surface area contributed by atoms with E-state index in [9.17, 15) is 9.18 Å². The highest BCUT2D eigenvalue weighted by atomic mass is 19.1. The minimum atomic E-state index is -1.23. The van der Waals surface area contributed by atoms with Crippen molar-refractivity contribution in [2.45, 2.75) is 6.61 Å². The lowest BCUT2D eigenvalue weighted by Crippen LogP contribution is -2.01. The SMILES string of the molecule is N#Cc1cc(COc2cc(F)cc(C(=O)O)c2)ccn1. The largest absolute Gasteiger partial charge is 0.489 e. The van der Waals surface area contributed by atoms with Gasteiger partial charge in [-0.15, -0.1) is 0 Å². The standard InChI is InChI=1S/C14H9FN2O3/c15-11-4-10(14(18)19)5-13(6-11)20-8-9-1-2-17-12(3-9)7-16/h1-6H,8H2,(H,18,19). The molecule has 0 saturated heterocycles. The molecule has 0 aliphatic carbocycles. The van der Waals surface area contributed by atoms with Crippen LogP contribution in [0.1, 0.15) is 21.6 Å². The van der Waals surface area contributed by atoms with E-state index in [0.29, 0.717) is 5.56 Å². The molecule has 1 heterocycles. The number of nitriles is 1. The van der Waals surface area contributed by atoms with Crippen LogP contribution in [-0.4, -0.2) is 16.1 Å². The average Bonchev–Trinajstić information content (AvgIpc) is 2.44. The van der Waals surface area contributed by atoms with Crippen LogP contribution in [0.25, 0.3) is 0 Å². The fraction of sp³-hybridized carbons (Fsp3) is 0.0714. The normalized spacial score (nSPS) is 9.80. The van der Waals surface area contributed by atoms with Crippen LogP contribution in [0.3, 0.4) is 0 Å². The van der Waals surface area contributed by atoms with Crippen LogP contribution in [0.5, 0.6) is 5.75 Å². The van der Waals surface area contributed by atoms with Crippen molar-refractivity contribution in [3.63, 3.8) is 0 Å². The van der Waals surface area contributed by atoms with E-state index in [-0.39, 0.29) is 23.6 Å². The van der Waals surface area contributed by atoms with Crippen LogP contribution in [0.4, 0.5) is 4.39 Å². The van der Waals surface area contributed by atoms with Gasteiger partial charge in [-0.3, -0.25) is 0 Å². The lowest BCUT2D eigenvalue weighted by atomic mass is 10.2. The minimum absolute atomic E-state index is 0.0830. The highest BCUT2D eigenvalue weighted by Gasteiger charge is 2.08. The molecule has 0 amide bonds. The molecule has 6 heteroatoms. The third-order valence-electron chi connectivity index (χ3n) is 2.46. The van der Waals surface area contributed by atoms with Crippen molar-refractivity contribution in [2.75, 3.05) is 0 Å². The Morgan fingerprint density at radius 2 is 2.20 bits per heavy atom. The smallest absolute Gasteiger partial charge is 0.335 e. The molecule has 0 saturated carbocycles. The predicted molar refractivity (Wildman–Crippen MR) is 66.6 cm³/mol. The number of carbonyl (C=O) groups is 1. The van der Waals surface area contributed by atoms with Gasteiger partial charge in [-0.2, -0.15) is 5.26 Å². The summed E-state index contributed by atoms with van der Waals surface area (Å²) in [6, 6.07) is 8.33. The molecule has 0 aliphatic rings. The Kier molecular flexibility index (Phi) is 3.91. The first kappa shape index (κ1) is 13.5. The molecule has 0 atom stereocenters. The van der Waals surface area contributed by atoms with Crippen LogP contribution in [0, 0.1) is 17.1 Å². The molecule has 0 fully saturated rings. The molecule has 0 spiro atoms. The molecule has 0 unspecified atom stereocenters. The summed E-state index contributed by atoms with van der Waals surface area (Å²) < 4.78 is 18.6. The predicted octanol–water partition coefficient (Wildman–Crippen LogP) is 2.37. The highest BCUT2D eigenvalue weighted by molar-refractivity contribution is 5.88. The van der Waals surface area contributed by atoms with E-state index in [0.717, 1.165) is 12.1 Å². The molecule has 20 heavy (non-hydrogen) atoms. The highest BCUT2D eigenvalue weighted by Crippen LogP contribution is 2.18. The van der Waals surface area contributed by atoms with Crippen LogP contribution in [0.2, 0.25) is 0 Å². The molecule has 2 aromatic rings. The summed E-state index contributed by atoms with van der Waals surface area (Å²) in [6.45, 7) is 0.0830. The summed E-state index contributed by atoms with van der Waals surface area (Å²) in [6.07, 6.45) is 1.46. The third-order valence-corrected chi connectivity index (χ3v) is 2.46. The Bertz CT molecular complexity index is 695.